The minimum Gasteiger partial charge on any atom is -0.508 e. The van der Waals surface area contributed by atoms with Crippen LogP contribution < -0.4 is 10.2 Å². The van der Waals surface area contributed by atoms with Gasteiger partial charge in [-0.15, -0.1) is 15.8 Å². The molecule has 9 heteroatoms. The van der Waals surface area contributed by atoms with E-state index in [-0.39, 0.29) is 36.9 Å². The molecule has 0 amide bonds. The zero-order valence-corrected chi connectivity index (χ0v) is 23.1. The molecule has 2 atom stereocenters. The fourth-order valence-corrected chi connectivity index (χ4v) is 4.86. The van der Waals surface area contributed by atoms with Crippen LogP contribution in [-0.2, 0) is 0 Å². The van der Waals surface area contributed by atoms with E-state index in [0.717, 1.165) is 60.1 Å². The molecule has 0 bridgehead atoms. The van der Waals surface area contributed by atoms with Gasteiger partial charge in [-0.3, -0.25) is 6.54 Å². The number of fused-ring (bicyclic) bond motifs is 2. The van der Waals surface area contributed by atoms with Gasteiger partial charge in [-0.1, -0.05) is 6.07 Å². The van der Waals surface area contributed by atoms with Gasteiger partial charge in [-0.2, -0.15) is 5.10 Å². The van der Waals surface area contributed by atoms with Gasteiger partial charge in [0.2, 0.25) is 0 Å². The van der Waals surface area contributed by atoms with Crippen LogP contribution in [0.15, 0.2) is 36.7 Å². The van der Waals surface area contributed by atoms with Gasteiger partial charge in [0.05, 0.1) is 6.20 Å². The molecule has 1 unspecified atom stereocenters. The molecule has 0 saturated carbocycles. The third-order valence-corrected chi connectivity index (χ3v) is 6.82. The summed E-state index contributed by atoms with van der Waals surface area (Å²) in [6.07, 6.45) is 6.42. The minimum atomic E-state index is 0. The van der Waals surface area contributed by atoms with E-state index >= 15 is 0 Å². The summed E-state index contributed by atoms with van der Waals surface area (Å²) in [4.78, 5) is 12.2. The second kappa shape index (κ2) is 9.77. The van der Waals surface area contributed by atoms with Crippen LogP contribution in [0.4, 0.5) is 5.82 Å². The number of hydrogen-bond acceptors (Lipinski definition) is 6. The van der Waals surface area contributed by atoms with Crippen molar-refractivity contribution in [1.29, 1.82) is 0 Å². The van der Waals surface area contributed by atoms with Crippen molar-refractivity contribution in [3.05, 3.63) is 43.2 Å². The van der Waals surface area contributed by atoms with Gasteiger partial charge in [0.1, 0.15) is 11.6 Å². The molecule has 2 aromatic heterocycles. The number of aromatic nitrogens is 3. The van der Waals surface area contributed by atoms with Crippen molar-refractivity contribution in [2.45, 2.75) is 18.9 Å². The summed E-state index contributed by atoms with van der Waals surface area (Å²) in [6.45, 7) is 7.74. The monoisotopic (exact) mass is 661 g/mol. The van der Waals surface area contributed by atoms with Gasteiger partial charge in [0.15, 0.2) is 5.65 Å². The van der Waals surface area contributed by atoms with Crippen molar-refractivity contribution in [2.24, 2.45) is 0 Å². The summed E-state index contributed by atoms with van der Waals surface area (Å²) in [6, 6.07) is 8.07. The molecular weight excluding hydrogens is 633 g/mol. The third kappa shape index (κ3) is 4.79. The molecule has 0 spiro atoms. The number of rotatable bonds is 5. The van der Waals surface area contributed by atoms with Crippen LogP contribution in [-0.4, -0.2) is 75.3 Å². The molecule has 1 aromatic carbocycles. The van der Waals surface area contributed by atoms with Crippen LogP contribution in [0.25, 0.3) is 16.8 Å². The summed E-state index contributed by atoms with van der Waals surface area (Å²) in [5.74, 6) is 1.16. The van der Waals surface area contributed by atoms with E-state index in [1.165, 1.54) is 19.4 Å². The zero-order chi connectivity index (χ0) is 20.7. The summed E-state index contributed by atoms with van der Waals surface area (Å²) >= 11 is 0. The first-order chi connectivity index (χ1) is 14.6. The van der Waals surface area contributed by atoms with Crippen molar-refractivity contribution in [3.8, 4) is 16.9 Å². The molecule has 2 aliphatic heterocycles. The predicted octanol–water partition coefficient (Wildman–Crippen LogP) is 1.98. The Morgan fingerprint density at radius 3 is 3.03 bits per heavy atom. The maximum atomic E-state index is 9.93. The Morgan fingerprint density at radius 2 is 2.16 bits per heavy atom. The number of nitrogens with zero attached hydrogens (tertiary/aromatic N) is 6. The smallest absolute Gasteiger partial charge is 0.165 e. The van der Waals surface area contributed by atoms with E-state index in [1.54, 1.807) is 16.6 Å². The van der Waals surface area contributed by atoms with Crippen LogP contribution in [0.3, 0.4) is 0 Å². The van der Waals surface area contributed by atoms with E-state index in [2.05, 4.69) is 42.6 Å². The van der Waals surface area contributed by atoms with Gasteiger partial charge in [0, 0.05) is 62.5 Å². The standard InChI is InChI=1S/C22H28N6OP.U/c1-25(9-10-26-11-12-27-7-2-3-16(27)15-26)21-6-8-28-22(24-21)19(14-23-28)18-13-17(29)4-5-20(18)30;/h4-6,8,11,13-14,16,29H,2-3,7,9-10,12,15,30H2,1H3;/q-1;/t16-;/m1./s1. The second-order valence-electron chi connectivity index (χ2n) is 8.27. The van der Waals surface area contributed by atoms with E-state index in [1.807, 2.05) is 24.5 Å². The van der Waals surface area contributed by atoms with Crippen molar-refractivity contribution >= 4 is 26.0 Å². The molecule has 0 aliphatic carbocycles. The summed E-state index contributed by atoms with van der Waals surface area (Å²) in [5, 5.41) is 15.4. The average Bonchev–Trinajstić information content (AvgIpc) is 3.39. The molecule has 162 valence electrons. The quantitative estimate of drug-likeness (QED) is 0.334. The maximum absolute atomic E-state index is 9.93. The van der Waals surface area contributed by atoms with E-state index < -0.39 is 0 Å². The number of phenols is 1. The molecule has 31 heavy (non-hydrogen) atoms. The number of likely N-dealkylation sites (N-methyl/N-ethyl adjacent to an activating group) is 1. The predicted molar refractivity (Wildman–Crippen MR) is 123 cm³/mol. The van der Waals surface area contributed by atoms with Gasteiger partial charge in [0.25, 0.3) is 0 Å². The zero-order valence-electron chi connectivity index (χ0n) is 17.8. The molecule has 7 nitrogen and oxygen atoms in total. The van der Waals surface area contributed by atoms with Gasteiger partial charge >= 0.3 is 0 Å². The minimum absolute atomic E-state index is 0. The van der Waals surface area contributed by atoms with Crippen molar-refractivity contribution in [2.75, 3.05) is 44.7 Å². The van der Waals surface area contributed by atoms with Crippen LogP contribution in [0.5, 0.6) is 5.75 Å². The fraction of sp³-hybridized carbons (Fsp3) is 0.409. The molecular formula is C22H28N6OPU-. The fourth-order valence-electron chi connectivity index (χ4n) is 4.52. The number of benzene rings is 1. The first-order valence-electron chi connectivity index (χ1n) is 10.5. The second-order valence-corrected chi connectivity index (χ2v) is 8.90. The van der Waals surface area contributed by atoms with Crippen molar-refractivity contribution in [1.82, 2.24) is 24.4 Å². The van der Waals surface area contributed by atoms with Crippen LogP contribution in [0.1, 0.15) is 12.8 Å². The van der Waals surface area contributed by atoms with Crippen molar-refractivity contribution in [3.63, 3.8) is 0 Å². The van der Waals surface area contributed by atoms with E-state index in [9.17, 15) is 5.11 Å². The Kier molecular flexibility index (Phi) is 7.25. The largest absolute Gasteiger partial charge is 0.508 e. The maximum Gasteiger partial charge on any atom is 0.165 e. The molecule has 0 radical (unpaired) electrons. The molecule has 4 heterocycles. The first-order valence-corrected chi connectivity index (χ1v) is 11.1. The molecule has 1 N–H and O–H groups in total. The molecule has 5 rings (SSSR count). The average molecular weight is 662 g/mol. The molecule has 2 fully saturated rings. The van der Waals surface area contributed by atoms with Crippen LogP contribution in [0.2, 0.25) is 0 Å². The Bertz CT molecular complexity index is 1060. The number of hydrogen-bond donors (Lipinski definition) is 1. The van der Waals surface area contributed by atoms with E-state index in [0.29, 0.717) is 0 Å². The number of phenolic OH excluding ortho intramolecular Hbond substituents is 1. The Morgan fingerprint density at radius 1 is 1.29 bits per heavy atom. The Hall–Kier alpha value is -1.16. The normalized spacial score (nSPS) is 19.4. The van der Waals surface area contributed by atoms with Crippen LogP contribution >= 0.6 is 9.24 Å². The number of anilines is 1. The summed E-state index contributed by atoms with van der Waals surface area (Å²) in [5.41, 5.74) is 2.63. The Labute approximate surface area is 209 Å². The molecule has 2 saturated heterocycles. The Balaban J connectivity index is 0.00000231. The molecule has 2 aliphatic rings. The summed E-state index contributed by atoms with van der Waals surface area (Å²) < 4.78 is 1.79. The van der Waals surface area contributed by atoms with Gasteiger partial charge < -0.3 is 19.8 Å². The number of aromatic hydroxyl groups is 1. The van der Waals surface area contributed by atoms with Gasteiger partial charge in [-0.05, 0) is 61.5 Å². The van der Waals surface area contributed by atoms with E-state index in [4.69, 9.17) is 4.98 Å². The van der Waals surface area contributed by atoms with Crippen molar-refractivity contribution < 1.29 is 36.2 Å². The first kappa shape index (κ1) is 23.0. The van der Waals surface area contributed by atoms with Gasteiger partial charge in [-0.25, -0.2) is 9.50 Å². The number of piperazine rings is 1. The topological polar surface area (TPSA) is 60.1 Å². The SMILES string of the molecule is CN(CCN1[CH-]CN2CCC[C@@H]2C1)c1ccn2ncc(-c3cc(O)ccc3P)c2n1.[U]. The molecule has 3 aromatic rings. The third-order valence-electron chi connectivity index (χ3n) is 6.31. The van der Waals surface area contributed by atoms with Crippen LogP contribution in [0, 0.1) is 37.7 Å². The summed E-state index contributed by atoms with van der Waals surface area (Å²) in [7, 11) is 4.81.